The molecule has 0 saturated carbocycles. The van der Waals surface area contributed by atoms with Crippen molar-refractivity contribution in [2.24, 2.45) is 0 Å². The summed E-state index contributed by atoms with van der Waals surface area (Å²) in [6, 6.07) is 39.7. The van der Waals surface area contributed by atoms with Crippen LogP contribution in [0.3, 0.4) is 0 Å². The summed E-state index contributed by atoms with van der Waals surface area (Å²) < 4.78 is 29.7. The van der Waals surface area contributed by atoms with Crippen LogP contribution >= 0.6 is 0 Å². The van der Waals surface area contributed by atoms with Gasteiger partial charge in [-0.15, -0.1) is 11.4 Å². The Morgan fingerprint density at radius 1 is 0.660 bits per heavy atom. The number of aromatic nitrogens is 1. The van der Waals surface area contributed by atoms with Gasteiger partial charge in [0, 0.05) is 39.5 Å². The minimum atomic E-state index is -2.76. The molecule has 0 fully saturated rings. The molecular formula is C39H36F2N8O4-2. The summed E-state index contributed by atoms with van der Waals surface area (Å²) in [5, 5.41) is 12.2. The fourth-order valence-corrected chi connectivity index (χ4v) is 4.54. The van der Waals surface area contributed by atoms with Gasteiger partial charge in [0.15, 0.2) is 5.76 Å². The topological polar surface area (TPSA) is 236 Å². The van der Waals surface area contributed by atoms with Crippen LogP contribution in [0.25, 0.3) is 28.1 Å². The van der Waals surface area contributed by atoms with Crippen LogP contribution in [-0.2, 0) is 0 Å². The van der Waals surface area contributed by atoms with Crippen LogP contribution < -0.4 is 28.3 Å². The van der Waals surface area contributed by atoms with E-state index in [1.807, 2.05) is 59.2 Å². The fraction of sp³-hybridized carbons (Fsp3) is 0.0256. The first-order valence-electron chi connectivity index (χ1n) is 15.7. The number of furan rings is 1. The average Bonchev–Trinajstić information content (AvgIpc) is 3.80. The number of alkyl halides is 2. The van der Waals surface area contributed by atoms with E-state index in [1.165, 1.54) is 0 Å². The van der Waals surface area contributed by atoms with Crippen molar-refractivity contribution < 1.29 is 27.9 Å². The molecule has 0 atom stereocenters. The van der Waals surface area contributed by atoms with Gasteiger partial charge in [-0.2, -0.15) is 0 Å². The van der Waals surface area contributed by atoms with Gasteiger partial charge in [0.25, 0.3) is 12.3 Å². The Labute approximate surface area is 303 Å². The van der Waals surface area contributed by atoms with Crippen molar-refractivity contribution in [2.45, 2.75) is 6.43 Å². The zero-order chi connectivity index (χ0) is 38.5. The zero-order valence-electron chi connectivity index (χ0n) is 28.0. The lowest BCUT2D eigenvalue weighted by Crippen LogP contribution is -2.16. The van der Waals surface area contributed by atoms with E-state index < -0.39 is 23.9 Å². The van der Waals surface area contributed by atoms with Crippen molar-refractivity contribution in [2.75, 3.05) is 28.3 Å². The largest absolute Gasteiger partial charge is 0.699 e. The van der Waals surface area contributed by atoms with Crippen molar-refractivity contribution in [3.8, 4) is 5.69 Å². The van der Waals surface area contributed by atoms with E-state index in [4.69, 9.17) is 39.5 Å². The highest BCUT2D eigenvalue weighted by molar-refractivity contribution is 6.07. The second-order valence-corrected chi connectivity index (χ2v) is 11.1. The van der Waals surface area contributed by atoms with Gasteiger partial charge in [-0.25, -0.2) is 13.6 Å². The van der Waals surface area contributed by atoms with Crippen LogP contribution in [0.4, 0.5) is 48.6 Å². The van der Waals surface area contributed by atoms with Crippen molar-refractivity contribution in [1.29, 1.82) is 0 Å². The van der Waals surface area contributed by atoms with Gasteiger partial charge in [0.05, 0.1) is 5.52 Å². The smallest absolute Gasteiger partial charge is 0.371 e. The Bertz CT molecular complexity index is 2150. The SMILES string of the molecule is Nc1ccc(NC(=O)c2cc3ccccc3n2-c2ccc(N)cc2)cc1.O=C(O)c1ccc(C(F)F)o1.[NH-]c1ccc(N)cc1.[NH-]c1ccc(N)cc1. The Morgan fingerprint density at radius 3 is 1.57 bits per heavy atom. The van der Waals surface area contributed by atoms with Crippen molar-refractivity contribution in [3.05, 3.63) is 168 Å². The average molecular weight is 719 g/mol. The van der Waals surface area contributed by atoms with Gasteiger partial charge in [-0.1, -0.05) is 42.5 Å². The third kappa shape index (κ3) is 11.3. The van der Waals surface area contributed by atoms with Gasteiger partial charge in [0.2, 0.25) is 5.76 Å². The number of fused-ring (bicyclic) bond motifs is 1. The number of aromatic carboxylic acids is 1. The lowest BCUT2D eigenvalue weighted by atomic mass is 10.2. The van der Waals surface area contributed by atoms with E-state index >= 15 is 0 Å². The number of anilines is 5. The van der Waals surface area contributed by atoms with E-state index in [2.05, 4.69) is 9.73 Å². The second kappa shape index (κ2) is 18.0. The summed E-state index contributed by atoms with van der Waals surface area (Å²) in [7, 11) is 0. The monoisotopic (exact) mass is 718 g/mol. The Morgan fingerprint density at radius 2 is 1.13 bits per heavy atom. The number of benzene rings is 5. The molecule has 0 aliphatic heterocycles. The number of carboxylic acid groups (broad SMARTS) is 1. The number of rotatable bonds is 5. The first-order valence-corrected chi connectivity index (χ1v) is 15.7. The van der Waals surface area contributed by atoms with Crippen LogP contribution in [-0.4, -0.2) is 21.6 Å². The number of nitrogens with zero attached hydrogens (tertiary/aromatic N) is 1. The zero-order valence-corrected chi connectivity index (χ0v) is 28.0. The molecule has 0 aliphatic rings. The van der Waals surface area contributed by atoms with Crippen LogP contribution in [0.15, 0.2) is 144 Å². The molecule has 5 aromatic carbocycles. The highest BCUT2D eigenvalue weighted by atomic mass is 19.3. The number of carbonyl (C=O) groups is 2. The number of amides is 1. The molecule has 7 rings (SSSR count). The molecule has 53 heavy (non-hydrogen) atoms. The van der Waals surface area contributed by atoms with Crippen LogP contribution in [0.2, 0.25) is 0 Å². The third-order valence-electron chi connectivity index (χ3n) is 7.14. The van der Waals surface area contributed by atoms with E-state index in [-0.39, 0.29) is 5.91 Å². The molecular weight excluding hydrogens is 682 g/mol. The lowest BCUT2D eigenvalue weighted by Gasteiger charge is -2.12. The number of carboxylic acids is 1. The van der Waals surface area contributed by atoms with Crippen LogP contribution in [0.5, 0.6) is 0 Å². The number of nitrogens with one attached hydrogen (secondary N) is 3. The molecule has 272 valence electrons. The predicted molar refractivity (Wildman–Crippen MR) is 207 cm³/mol. The van der Waals surface area contributed by atoms with Crippen LogP contribution in [0.1, 0.15) is 33.2 Å². The number of nitrogen functional groups attached to an aromatic ring is 4. The highest BCUT2D eigenvalue weighted by Gasteiger charge is 2.17. The third-order valence-corrected chi connectivity index (χ3v) is 7.14. The van der Waals surface area contributed by atoms with Gasteiger partial charge in [-0.05, 0) is 97.1 Å². The molecule has 0 saturated heterocycles. The Balaban J connectivity index is 0.000000189. The number of hydrogen-bond donors (Lipinski definition) is 6. The number of hydrogen-bond acceptors (Lipinski definition) is 7. The summed E-state index contributed by atoms with van der Waals surface area (Å²) in [4.78, 5) is 23.0. The van der Waals surface area contributed by atoms with Gasteiger partial charge < -0.3 is 53.8 Å². The number of halogens is 2. The molecule has 2 aromatic heterocycles. The minimum absolute atomic E-state index is 0.192. The van der Waals surface area contributed by atoms with Gasteiger partial charge in [0.1, 0.15) is 5.69 Å². The second-order valence-electron chi connectivity index (χ2n) is 11.1. The molecule has 7 aromatic rings. The number of nitrogens with two attached hydrogens (primary N) is 4. The van der Waals surface area contributed by atoms with E-state index in [0.717, 1.165) is 28.7 Å². The standard InChI is InChI=1S/C21H18N4O.C6H4F2O3.2C6H7N2/c22-15-5-9-17(10-6-15)24-21(26)20-13-14-3-1-2-4-19(14)25(20)18-11-7-16(23)8-12-18;7-5(8)3-1-2-4(11-3)6(9)10;2*7-5-1-2-6(8)4-3-5/h1-13H,22-23H2,(H,24,26);1-2,5H,(H,9,10);2*1-4,7H,8H2/q;;2*-1. The maximum atomic E-state index is 12.9. The quantitative estimate of drug-likeness (QED) is 0.0934. The summed E-state index contributed by atoms with van der Waals surface area (Å²) in [6.45, 7) is 0. The Kier molecular flexibility index (Phi) is 13.0. The molecule has 14 heteroatoms. The van der Waals surface area contributed by atoms with Gasteiger partial charge in [-0.3, -0.25) is 4.79 Å². The van der Waals surface area contributed by atoms with E-state index in [9.17, 15) is 18.4 Å². The van der Waals surface area contributed by atoms with E-state index in [1.54, 1.807) is 72.8 Å². The first-order chi connectivity index (χ1) is 25.3. The van der Waals surface area contributed by atoms with Crippen LogP contribution in [0, 0.1) is 0 Å². The number of carbonyl (C=O) groups excluding carboxylic acids is 1. The van der Waals surface area contributed by atoms with Crippen molar-refractivity contribution in [1.82, 2.24) is 4.57 Å². The maximum absolute atomic E-state index is 12.9. The summed E-state index contributed by atoms with van der Waals surface area (Å²) in [5.41, 5.74) is 43.1. The fourth-order valence-electron chi connectivity index (χ4n) is 4.54. The lowest BCUT2D eigenvalue weighted by molar-refractivity contribution is 0.0644. The molecule has 12 nitrogen and oxygen atoms in total. The Hall–Kier alpha value is -7.48. The number of para-hydroxylation sites is 1. The van der Waals surface area contributed by atoms with E-state index in [0.29, 0.717) is 45.5 Å². The molecule has 1 amide bonds. The van der Waals surface area contributed by atoms with Gasteiger partial charge >= 0.3 is 5.97 Å². The summed E-state index contributed by atoms with van der Waals surface area (Å²) in [6.07, 6.45) is -2.76. The molecule has 12 N–H and O–H groups in total. The molecule has 0 unspecified atom stereocenters. The molecule has 2 heterocycles. The van der Waals surface area contributed by atoms with Crippen molar-refractivity contribution in [3.63, 3.8) is 0 Å². The first kappa shape index (κ1) is 38.3. The molecule has 0 radical (unpaired) electrons. The van der Waals surface area contributed by atoms with Crippen molar-refractivity contribution >= 4 is 62.6 Å². The summed E-state index contributed by atoms with van der Waals surface area (Å²) >= 11 is 0. The maximum Gasteiger partial charge on any atom is 0.371 e. The highest BCUT2D eigenvalue weighted by Crippen LogP contribution is 2.26. The molecule has 0 spiro atoms. The normalized spacial score (nSPS) is 10.2. The molecule has 0 aliphatic carbocycles. The predicted octanol–water partition coefficient (Wildman–Crippen LogP) is 9.87. The minimum Gasteiger partial charge on any atom is -0.699 e. The summed E-state index contributed by atoms with van der Waals surface area (Å²) in [5.74, 6) is -2.64. The molecule has 0 bridgehead atoms.